The lowest BCUT2D eigenvalue weighted by molar-refractivity contribution is 0.474. The van der Waals surface area contributed by atoms with Crippen LogP contribution in [-0.2, 0) is 0 Å². The Balaban J connectivity index is 4.92. The van der Waals surface area contributed by atoms with E-state index >= 15 is 0 Å². The van der Waals surface area contributed by atoms with Crippen molar-refractivity contribution >= 4 is 104 Å². The fourth-order valence-electron chi connectivity index (χ4n) is 6.04. The monoisotopic (exact) mass is 744 g/mol. The van der Waals surface area contributed by atoms with Crippen molar-refractivity contribution in [3.63, 3.8) is 0 Å². The van der Waals surface area contributed by atoms with Crippen molar-refractivity contribution < 1.29 is 0 Å². The van der Waals surface area contributed by atoms with E-state index in [2.05, 4.69) is 113 Å². The zero-order valence-electron chi connectivity index (χ0n) is 28.0. The molecule has 39 heavy (non-hydrogen) atoms. The van der Waals surface area contributed by atoms with Gasteiger partial charge >= 0.3 is 0 Å². The van der Waals surface area contributed by atoms with E-state index in [0.29, 0.717) is 0 Å². The van der Waals surface area contributed by atoms with E-state index in [0.717, 1.165) is 37.2 Å². The Labute approximate surface area is 275 Å². The Morgan fingerprint density at radius 1 is 0.513 bits per heavy atom. The van der Waals surface area contributed by atoms with Crippen molar-refractivity contribution in [1.29, 1.82) is 0 Å². The lowest BCUT2D eigenvalue weighted by atomic mass is 10.0. The van der Waals surface area contributed by atoms with Crippen LogP contribution in [0, 0.1) is 0 Å². The van der Waals surface area contributed by atoms with Gasteiger partial charge in [0.15, 0.2) is 0 Å². The summed E-state index contributed by atoms with van der Waals surface area (Å²) in [5.41, 5.74) is 0. The smallest absolute Gasteiger partial charge is 0.242 e. The van der Waals surface area contributed by atoms with Gasteiger partial charge in [0.1, 0.15) is 32.9 Å². The lowest BCUT2D eigenvalue weighted by Crippen LogP contribution is -2.59. The molecular formula is C26H64Cl4N2SSi6. The first kappa shape index (κ1) is 41.7. The molecule has 0 spiro atoms. The molecule has 0 bridgehead atoms. The topological polar surface area (TPSA) is 6.48 Å². The van der Waals surface area contributed by atoms with Gasteiger partial charge in [0.25, 0.3) is 0 Å². The Morgan fingerprint density at radius 2 is 0.769 bits per heavy atom. The molecule has 0 aliphatic heterocycles. The molecule has 0 saturated carbocycles. The van der Waals surface area contributed by atoms with Gasteiger partial charge in [0.2, 0.25) is 14.8 Å². The summed E-state index contributed by atoms with van der Waals surface area (Å²) in [4.78, 5) is 0. The molecule has 0 saturated heterocycles. The van der Waals surface area contributed by atoms with Gasteiger partial charge in [-0.05, 0) is 73.2 Å². The summed E-state index contributed by atoms with van der Waals surface area (Å²) in [5.74, 6) is 2.24. The van der Waals surface area contributed by atoms with Crippen LogP contribution in [-0.4, -0.2) is 80.8 Å². The first-order chi connectivity index (χ1) is 17.3. The van der Waals surface area contributed by atoms with E-state index in [1.807, 2.05) is 0 Å². The van der Waals surface area contributed by atoms with Crippen LogP contribution in [0.5, 0.6) is 0 Å². The van der Waals surface area contributed by atoms with E-state index in [1.165, 1.54) is 25.9 Å². The maximum atomic E-state index is 6.72. The average Bonchev–Trinajstić information content (AvgIpc) is 2.70. The molecule has 0 aliphatic rings. The molecule has 0 N–H and O–H groups in total. The van der Waals surface area contributed by atoms with Gasteiger partial charge in [0, 0.05) is 0 Å². The molecule has 0 rings (SSSR count). The molecular weight excluding hydrogens is 683 g/mol. The molecule has 2 nitrogen and oxygen atoms in total. The third-order valence-corrected chi connectivity index (χ3v) is 34.2. The van der Waals surface area contributed by atoms with Crippen LogP contribution in [0.3, 0.4) is 0 Å². The van der Waals surface area contributed by atoms with Gasteiger partial charge in [-0.2, -0.15) is 11.8 Å². The zero-order valence-corrected chi connectivity index (χ0v) is 38.2. The third-order valence-electron chi connectivity index (χ3n) is 8.19. The number of rotatable bonds is 20. The van der Waals surface area contributed by atoms with Crippen molar-refractivity contribution in [2.75, 3.05) is 24.6 Å². The molecule has 2 unspecified atom stereocenters. The molecule has 0 aromatic rings. The maximum absolute atomic E-state index is 6.72. The summed E-state index contributed by atoms with van der Waals surface area (Å²) in [6, 6.07) is 0. The summed E-state index contributed by atoms with van der Waals surface area (Å²) in [7, 11) is -8.90. The van der Waals surface area contributed by atoms with Gasteiger partial charge in [-0.1, -0.05) is 92.4 Å². The van der Waals surface area contributed by atoms with Crippen LogP contribution in [0.25, 0.3) is 0 Å². The van der Waals surface area contributed by atoms with Crippen molar-refractivity contribution in [1.82, 2.24) is 8.46 Å². The highest BCUT2D eigenvalue weighted by atomic mass is 35.7. The summed E-state index contributed by atoms with van der Waals surface area (Å²) >= 11 is 29.0. The van der Waals surface area contributed by atoms with Gasteiger partial charge in [-0.15, -0.1) is 44.3 Å². The van der Waals surface area contributed by atoms with E-state index in [4.69, 9.17) is 44.3 Å². The molecule has 0 aliphatic carbocycles. The molecule has 0 amide bonds. The standard InChI is InChI=1S/C26H64Cl4N2SSi6/c1-25(34(27)28,17-15-21-31(36(3,4)5)37(6,7)8)19-23-33-24-20-26(2,35(29)30)18-16-22-32(38(9,10)11)39(12,13)14/h34-35H,15-24H2,1-14H3. The quantitative estimate of drug-likeness (QED) is 0.0696. The highest BCUT2D eigenvalue weighted by Crippen LogP contribution is 2.46. The van der Waals surface area contributed by atoms with Crippen molar-refractivity contribution in [3.8, 4) is 0 Å². The second kappa shape index (κ2) is 16.9. The van der Waals surface area contributed by atoms with E-state index in [1.54, 1.807) is 0 Å². The van der Waals surface area contributed by atoms with Crippen molar-refractivity contribution in [2.45, 2.75) is 141 Å². The zero-order chi connectivity index (χ0) is 31.1. The number of hydrogen-bond acceptors (Lipinski definition) is 3. The second-order valence-electron chi connectivity index (χ2n) is 16.2. The number of nitrogens with zero attached hydrogens (tertiary/aromatic N) is 2. The fraction of sp³-hybridized carbons (Fsp3) is 1.00. The average molecular weight is 747 g/mol. The van der Waals surface area contributed by atoms with E-state index in [-0.39, 0.29) is 10.1 Å². The van der Waals surface area contributed by atoms with E-state index < -0.39 is 47.8 Å². The Morgan fingerprint density at radius 3 is 0.974 bits per heavy atom. The Hall–Kier alpha value is 2.73. The van der Waals surface area contributed by atoms with Crippen LogP contribution in [0.2, 0.25) is 88.6 Å². The third kappa shape index (κ3) is 15.5. The molecule has 236 valence electrons. The molecule has 0 aromatic heterocycles. The van der Waals surface area contributed by atoms with Crippen LogP contribution in [0.4, 0.5) is 0 Å². The summed E-state index contributed by atoms with van der Waals surface area (Å²) in [6.07, 6.45) is 6.92. The molecule has 0 aromatic carbocycles. The van der Waals surface area contributed by atoms with Gasteiger partial charge in [0.05, 0.1) is 0 Å². The predicted octanol–water partition coefficient (Wildman–Crippen LogP) is 10.9. The number of hydrogen-bond donors (Lipinski definition) is 0. The second-order valence-corrected chi connectivity index (χ2v) is 48.4. The van der Waals surface area contributed by atoms with Crippen molar-refractivity contribution in [2.24, 2.45) is 0 Å². The summed E-state index contributed by atoms with van der Waals surface area (Å²) in [5, 5.41) is 0.189. The highest BCUT2D eigenvalue weighted by molar-refractivity contribution is 7.99. The summed E-state index contributed by atoms with van der Waals surface area (Å²) in [6.45, 7) is 36.9. The Bertz CT molecular complexity index is 625. The minimum atomic E-state index is -1.80. The summed E-state index contributed by atoms with van der Waals surface area (Å²) < 4.78 is 5.78. The normalized spacial score (nSPS) is 17.4. The number of thioether (sulfide) groups is 1. The van der Waals surface area contributed by atoms with Crippen LogP contribution in [0.15, 0.2) is 0 Å². The largest absolute Gasteiger partial charge is 0.346 e. The predicted molar refractivity (Wildman–Crippen MR) is 206 cm³/mol. The van der Waals surface area contributed by atoms with Crippen LogP contribution in [0.1, 0.15) is 52.4 Å². The molecule has 2 atom stereocenters. The minimum Gasteiger partial charge on any atom is -0.346 e. The van der Waals surface area contributed by atoms with Gasteiger partial charge < -0.3 is 8.46 Å². The lowest BCUT2D eigenvalue weighted by Gasteiger charge is -2.44. The minimum absolute atomic E-state index is 0.0946. The first-order valence-electron chi connectivity index (χ1n) is 15.0. The van der Waals surface area contributed by atoms with Crippen LogP contribution < -0.4 is 0 Å². The van der Waals surface area contributed by atoms with E-state index in [9.17, 15) is 0 Å². The van der Waals surface area contributed by atoms with Crippen molar-refractivity contribution in [3.05, 3.63) is 0 Å². The molecule has 0 radical (unpaired) electrons. The van der Waals surface area contributed by atoms with Gasteiger partial charge in [-0.25, -0.2) is 0 Å². The number of halogens is 4. The fourth-order valence-corrected chi connectivity index (χ4v) is 31.5. The highest BCUT2D eigenvalue weighted by Gasteiger charge is 2.38. The molecule has 0 fully saturated rings. The first-order valence-corrected chi connectivity index (χ1v) is 38.0. The molecule has 13 heteroatoms. The maximum Gasteiger partial charge on any atom is 0.242 e. The Kier molecular flexibility index (Phi) is 18.1. The molecule has 0 heterocycles. The SMILES string of the molecule is CC(CCCN([Si](C)(C)C)[Si](C)(C)C)(CCSCCC(C)(CCCN([Si](C)(C)C)[Si](C)(C)C)[SiH](Cl)Cl)[SiH](Cl)Cl. The van der Waals surface area contributed by atoms with Crippen LogP contribution >= 0.6 is 56.1 Å². The van der Waals surface area contributed by atoms with Gasteiger partial charge in [-0.3, -0.25) is 0 Å².